The first-order valence-electron chi connectivity index (χ1n) is 12.7. The van der Waals surface area contributed by atoms with Crippen molar-refractivity contribution in [2.75, 3.05) is 33.3 Å². The average Bonchev–Trinajstić information content (AvgIpc) is 2.83. The second-order valence-electron chi connectivity index (χ2n) is 9.30. The van der Waals surface area contributed by atoms with Crippen molar-refractivity contribution in [2.45, 2.75) is 70.8 Å². The first-order valence-corrected chi connectivity index (χ1v) is 12.7. The molecule has 198 valence electrons. The summed E-state index contributed by atoms with van der Waals surface area (Å²) in [6.45, 7) is 6.66. The highest BCUT2D eigenvalue weighted by Gasteiger charge is 2.24. The standard InChI is InChI=1S/C28H42N2O3.2ClH/c1-3-17-30(25-11-10-23-20-27(31)28(32)21-24(23)19-25)18-7-5-4-6-15-29-16-14-22-8-12-26(33-2)13-9-22;;/h8-9,12-13,20-21,25,29,31-32H,3-7,10-11,14-19H2,1-2H3;2*1H. The van der Waals surface area contributed by atoms with Crippen LogP contribution in [-0.4, -0.2) is 54.4 Å². The number of halogens is 2. The number of rotatable bonds is 14. The molecule has 0 aromatic heterocycles. The number of hydrogen-bond acceptors (Lipinski definition) is 5. The molecule has 0 amide bonds. The van der Waals surface area contributed by atoms with E-state index in [9.17, 15) is 10.2 Å². The van der Waals surface area contributed by atoms with E-state index in [1.807, 2.05) is 12.1 Å². The van der Waals surface area contributed by atoms with Crippen molar-refractivity contribution in [3.8, 4) is 17.2 Å². The van der Waals surface area contributed by atoms with E-state index in [4.69, 9.17) is 4.74 Å². The van der Waals surface area contributed by atoms with Crippen LogP contribution in [0.4, 0.5) is 0 Å². The zero-order valence-corrected chi connectivity index (χ0v) is 22.9. The molecule has 5 nitrogen and oxygen atoms in total. The Hall–Kier alpha value is -1.66. The molecule has 2 aromatic rings. The van der Waals surface area contributed by atoms with Gasteiger partial charge in [0, 0.05) is 6.04 Å². The van der Waals surface area contributed by atoms with Crippen LogP contribution in [-0.2, 0) is 19.3 Å². The second-order valence-corrected chi connectivity index (χ2v) is 9.30. The summed E-state index contributed by atoms with van der Waals surface area (Å²) in [5.74, 6) is 0.930. The molecule has 0 fully saturated rings. The number of aromatic hydroxyl groups is 2. The summed E-state index contributed by atoms with van der Waals surface area (Å²) in [5.41, 5.74) is 3.73. The first-order chi connectivity index (χ1) is 16.1. The van der Waals surface area contributed by atoms with Crippen LogP contribution in [0.2, 0.25) is 0 Å². The van der Waals surface area contributed by atoms with Gasteiger partial charge >= 0.3 is 0 Å². The number of methoxy groups -OCH3 is 1. The largest absolute Gasteiger partial charge is 0.504 e. The molecule has 3 rings (SSSR count). The Balaban J connectivity index is 0.00000306. The van der Waals surface area contributed by atoms with E-state index >= 15 is 0 Å². The average molecular weight is 528 g/mol. The van der Waals surface area contributed by atoms with Crippen LogP contribution in [0.3, 0.4) is 0 Å². The number of nitrogens with one attached hydrogen (secondary N) is 1. The minimum Gasteiger partial charge on any atom is -0.504 e. The molecule has 0 saturated carbocycles. The molecule has 3 N–H and O–H groups in total. The predicted molar refractivity (Wildman–Crippen MR) is 150 cm³/mol. The van der Waals surface area contributed by atoms with Crippen LogP contribution in [0, 0.1) is 0 Å². The number of aryl methyl sites for hydroxylation is 1. The quantitative estimate of drug-likeness (QED) is 0.211. The van der Waals surface area contributed by atoms with Crippen LogP contribution in [0.5, 0.6) is 17.2 Å². The molecule has 1 aliphatic carbocycles. The number of hydrogen-bond donors (Lipinski definition) is 3. The number of nitrogens with zero attached hydrogens (tertiary/aromatic N) is 1. The topological polar surface area (TPSA) is 65.0 Å². The number of fused-ring (bicyclic) bond motifs is 1. The van der Waals surface area contributed by atoms with E-state index < -0.39 is 0 Å². The Kier molecular flexibility index (Phi) is 15.2. The van der Waals surface area contributed by atoms with Gasteiger partial charge in [-0.15, -0.1) is 24.8 Å². The lowest BCUT2D eigenvalue weighted by Crippen LogP contribution is -2.40. The van der Waals surface area contributed by atoms with Crippen LogP contribution < -0.4 is 10.1 Å². The van der Waals surface area contributed by atoms with Gasteiger partial charge in [0.15, 0.2) is 11.5 Å². The monoisotopic (exact) mass is 526 g/mol. The van der Waals surface area contributed by atoms with Gasteiger partial charge in [0.1, 0.15) is 5.75 Å². The summed E-state index contributed by atoms with van der Waals surface area (Å²) >= 11 is 0. The predicted octanol–water partition coefficient (Wildman–Crippen LogP) is 5.91. The van der Waals surface area contributed by atoms with Crippen molar-refractivity contribution in [3.05, 3.63) is 53.1 Å². The normalized spacial score (nSPS) is 14.7. The maximum atomic E-state index is 9.89. The van der Waals surface area contributed by atoms with Crippen molar-refractivity contribution in [1.82, 2.24) is 10.2 Å². The third kappa shape index (κ3) is 10.1. The Morgan fingerprint density at radius 1 is 0.914 bits per heavy atom. The molecule has 1 unspecified atom stereocenters. The van der Waals surface area contributed by atoms with Gasteiger partial charge in [-0.3, -0.25) is 0 Å². The highest BCUT2D eigenvalue weighted by Crippen LogP contribution is 2.33. The van der Waals surface area contributed by atoms with E-state index in [1.165, 1.54) is 48.8 Å². The molecule has 1 aliphatic rings. The highest BCUT2D eigenvalue weighted by atomic mass is 35.5. The molecule has 0 bridgehead atoms. The number of phenolic OH excluding ortho intramolecular Hbond substituents is 2. The molecule has 0 spiro atoms. The fourth-order valence-electron chi connectivity index (χ4n) is 4.91. The lowest BCUT2D eigenvalue weighted by atomic mass is 9.87. The molecule has 0 radical (unpaired) electrons. The second kappa shape index (κ2) is 16.9. The van der Waals surface area contributed by atoms with E-state index in [-0.39, 0.29) is 36.3 Å². The van der Waals surface area contributed by atoms with Crippen LogP contribution in [0.1, 0.15) is 62.1 Å². The summed E-state index contributed by atoms with van der Waals surface area (Å²) < 4.78 is 5.21. The highest BCUT2D eigenvalue weighted by molar-refractivity contribution is 5.85. The fraction of sp³-hybridized carbons (Fsp3) is 0.571. The molecular weight excluding hydrogens is 483 g/mol. The molecule has 2 aromatic carbocycles. The maximum Gasteiger partial charge on any atom is 0.157 e. The van der Waals surface area contributed by atoms with Gasteiger partial charge in [-0.05, 0) is 112 Å². The Morgan fingerprint density at radius 2 is 1.60 bits per heavy atom. The fourth-order valence-corrected chi connectivity index (χ4v) is 4.91. The van der Waals surface area contributed by atoms with Gasteiger partial charge in [-0.25, -0.2) is 0 Å². The minimum absolute atomic E-state index is 0. The van der Waals surface area contributed by atoms with E-state index in [0.29, 0.717) is 6.04 Å². The third-order valence-electron chi connectivity index (χ3n) is 6.82. The van der Waals surface area contributed by atoms with Gasteiger partial charge in [0.2, 0.25) is 0 Å². The molecule has 7 heteroatoms. The van der Waals surface area contributed by atoms with Crippen molar-refractivity contribution < 1.29 is 14.9 Å². The Morgan fingerprint density at radius 3 is 2.29 bits per heavy atom. The molecule has 0 saturated heterocycles. The minimum atomic E-state index is 0. The molecule has 35 heavy (non-hydrogen) atoms. The zero-order chi connectivity index (χ0) is 23.5. The summed E-state index contributed by atoms with van der Waals surface area (Å²) in [6.07, 6.45) is 10.3. The van der Waals surface area contributed by atoms with Gasteiger partial charge in [-0.2, -0.15) is 0 Å². The van der Waals surface area contributed by atoms with Crippen molar-refractivity contribution in [1.29, 1.82) is 0 Å². The summed E-state index contributed by atoms with van der Waals surface area (Å²) in [7, 11) is 1.70. The summed E-state index contributed by atoms with van der Waals surface area (Å²) in [6, 6.07) is 12.4. The van der Waals surface area contributed by atoms with Gasteiger partial charge in [0.25, 0.3) is 0 Å². The summed E-state index contributed by atoms with van der Waals surface area (Å²) in [4.78, 5) is 2.65. The van der Waals surface area contributed by atoms with Crippen LogP contribution in [0.15, 0.2) is 36.4 Å². The Labute approximate surface area is 224 Å². The van der Waals surface area contributed by atoms with Crippen molar-refractivity contribution >= 4 is 24.8 Å². The summed E-state index contributed by atoms with van der Waals surface area (Å²) in [5, 5.41) is 23.2. The number of phenols is 2. The number of benzene rings is 2. The van der Waals surface area contributed by atoms with Gasteiger partial charge in [-0.1, -0.05) is 31.9 Å². The van der Waals surface area contributed by atoms with E-state index in [2.05, 4.69) is 29.3 Å². The van der Waals surface area contributed by atoms with Crippen LogP contribution in [0.25, 0.3) is 0 Å². The first kappa shape index (κ1) is 31.4. The maximum absolute atomic E-state index is 9.89. The molecule has 0 heterocycles. The van der Waals surface area contributed by atoms with Crippen molar-refractivity contribution in [2.24, 2.45) is 0 Å². The van der Waals surface area contributed by atoms with Gasteiger partial charge in [0.05, 0.1) is 7.11 Å². The lowest BCUT2D eigenvalue weighted by molar-refractivity contribution is 0.176. The third-order valence-corrected chi connectivity index (χ3v) is 6.82. The van der Waals surface area contributed by atoms with Crippen LogP contribution >= 0.6 is 24.8 Å². The van der Waals surface area contributed by atoms with Gasteiger partial charge < -0.3 is 25.2 Å². The number of ether oxygens (including phenoxy) is 1. The van der Waals surface area contributed by atoms with E-state index in [1.54, 1.807) is 19.2 Å². The zero-order valence-electron chi connectivity index (χ0n) is 21.3. The molecular formula is C28H44Cl2N2O3. The van der Waals surface area contributed by atoms with Crippen molar-refractivity contribution in [3.63, 3.8) is 0 Å². The van der Waals surface area contributed by atoms with E-state index in [0.717, 1.165) is 57.6 Å². The molecule has 0 aliphatic heterocycles. The smallest absolute Gasteiger partial charge is 0.157 e. The lowest BCUT2D eigenvalue weighted by Gasteiger charge is -2.35. The molecule has 1 atom stereocenters. The number of unbranched alkanes of at least 4 members (excludes halogenated alkanes) is 3. The Bertz CT molecular complexity index is 849. The SMILES string of the molecule is CCCN(CCCCCCNCCc1ccc(OC)cc1)C1CCc2cc(O)c(O)cc2C1.Cl.Cl.